The van der Waals surface area contributed by atoms with Crippen molar-refractivity contribution < 1.29 is 19.1 Å². The van der Waals surface area contributed by atoms with Gasteiger partial charge in [0, 0.05) is 61.3 Å². The maximum atomic E-state index is 14.3. The first-order chi connectivity index (χ1) is 24.4. The number of nitrogens with zero attached hydrogens (tertiary/aromatic N) is 1. The summed E-state index contributed by atoms with van der Waals surface area (Å²) in [6.07, 6.45) is 6.48. The van der Waals surface area contributed by atoms with Crippen LogP contribution in [0.25, 0.3) is 10.9 Å². The van der Waals surface area contributed by atoms with Gasteiger partial charge < -0.3 is 36.3 Å². The van der Waals surface area contributed by atoms with Crippen molar-refractivity contribution >= 4 is 34.3 Å². The van der Waals surface area contributed by atoms with Crippen molar-refractivity contribution in [1.82, 2.24) is 20.5 Å². The number of amides is 3. The van der Waals surface area contributed by atoms with E-state index in [9.17, 15) is 14.4 Å². The van der Waals surface area contributed by atoms with Gasteiger partial charge in [0.25, 0.3) is 0 Å². The van der Waals surface area contributed by atoms with Crippen LogP contribution in [0.5, 0.6) is 0 Å². The van der Waals surface area contributed by atoms with Gasteiger partial charge in [-0.25, -0.2) is 0 Å². The quantitative estimate of drug-likeness (QED) is 0.103. The summed E-state index contributed by atoms with van der Waals surface area (Å²) >= 11 is 0. The third-order valence-electron chi connectivity index (χ3n) is 9.57. The van der Waals surface area contributed by atoms with E-state index in [1.54, 1.807) is 0 Å². The van der Waals surface area contributed by atoms with Crippen molar-refractivity contribution in [3.63, 3.8) is 0 Å². The lowest BCUT2D eigenvalue weighted by atomic mass is 9.89. The van der Waals surface area contributed by atoms with Gasteiger partial charge in [-0.1, -0.05) is 86.5 Å². The second kappa shape index (κ2) is 18.4. The molecule has 1 fully saturated rings. The summed E-state index contributed by atoms with van der Waals surface area (Å²) in [6.45, 7) is 5.67. The lowest BCUT2D eigenvalue weighted by molar-refractivity contribution is -0.137. The van der Waals surface area contributed by atoms with Gasteiger partial charge in [0.2, 0.25) is 17.7 Å². The van der Waals surface area contributed by atoms with Crippen LogP contribution < -0.4 is 21.7 Å². The van der Waals surface area contributed by atoms with E-state index in [4.69, 9.17) is 10.5 Å². The monoisotopic (exact) mass is 680 g/mol. The van der Waals surface area contributed by atoms with Crippen molar-refractivity contribution in [2.24, 2.45) is 5.73 Å². The van der Waals surface area contributed by atoms with E-state index in [2.05, 4.69) is 52.1 Å². The fourth-order valence-corrected chi connectivity index (χ4v) is 6.79. The van der Waals surface area contributed by atoms with Crippen LogP contribution >= 0.6 is 0 Å². The van der Waals surface area contributed by atoms with Crippen molar-refractivity contribution in [1.29, 1.82) is 0 Å². The largest absolute Gasteiger partial charge is 0.375 e. The summed E-state index contributed by atoms with van der Waals surface area (Å²) in [4.78, 5) is 45.2. The molecule has 50 heavy (non-hydrogen) atoms. The molecule has 266 valence electrons. The summed E-state index contributed by atoms with van der Waals surface area (Å²) in [5.41, 5.74) is 10.8. The highest BCUT2D eigenvalue weighted by Gasteiger charge is 2.32. The minimum Gasteiger partial charge on any atom is -0.375 e. The number of aromatic nitrogens is 1. The number of hydrogen-bond donors (Lipinski definition) is 5. The Morgan fingerprint density at radius 3 is 2.38 bits per heavy atom. The number of para-hydroxylation sites is 2. The van der Waals surface area contributed by atoms with E-state index in [1.165, 1.54) is 12.5 Å². The summed E-state index contributed by atoms with van der Waals surface area (Å²) in [5, 5.41) is 10.5. The molecule has 10 nitrogen and oxygen atoms in total. The fraction of sp³-hybridized carbons (Fsp3) is 0.425. The number of hydrogen-bond acceptors (Lipinski definition) is 6. The number of carbonyl (C=O) groups is 3. The van der Waals surface area contributed by atoms with E-state index in [0.717, 1.165) is 53.4 Å². The maximum Gasteiger partial charge on any atom is 0.245 e. The Kier molecular flexibility index (Phi) is 13.4. The van der Waals surface area contributed by atoms with E-state index in [1.807, 2.05) is 65.7 Å². The van der Waals surface area contributed by atoms with E-state index >= 15 is 0 Å². The zero-order valence-electron chi connectivity index (χ0n) is 29.3. The molecule has 4 aromatic rings. The Labute approximate surface area is 295 Å². The maximum absolute atomic E-state index is 14.3. The molecular weight excluding hydrogens is 628 g/mol. The van der Waals surface area contributed by atoms with Crippen LogP contribution in [-0.4, -0.2) is 72.0 Å². The first-order valence-electron chi connectivity index (χ1n) is 17.9. The van der Waals surface area contributed by atoms with Crippen molar-refractivity contribution in [3.05, 3.63) is 102 Å². The molecule has 5 rings (SSSR count). The number of carbonyl (C=O) groups excluding carboxylic acids is 3. The van der Waals surface area contributed by atoms with Gasteiger partial charge in [0.15, 0.2) is 0 Å². The van der Waals surface area contributed by atoms with Crippen molar-refractivity contribution in [2.45, 2.75) is 83.0 Å². The third-order valence-corrected chi connectivity index (χ3v) is 9.57. The SMILES string of the molecule is CCCC[C@H](Nc1ccccc1COC[C@H](CN)NC(C)=O)C(=O)N[C@H](Cc1c[nH]c2ccccc12)C(=O)N1CCC(c2ccccc2)CC1. The number of anilines is 1. The standard InChI is InChI=1S/C40H52N6O4/c1-3-4-16-37(44-35-17-10-8-14-31(35)26-50-27-33(24-41)43-28(2)47)39(48)45-38(23-32-25-42-36-18-11-9-15-34(32)36)40(49)46-21-19-30(20-22-46)29-12-6-5-7-13-29/h5-15,17-18,25,30,33,37-38,42,44H,3-4,16,19-24,26-27,41H2,1-2H3,(H,43,47)(H,45,48)/t33-,37-,38+/m0/s1. The summed E-state index contributed by atoms with van der Waals surface area (Å²) in [5.74, 6) is 0.00131. The number of unbranched alkanes of at least 4 members (excludes halogenated alkanes) is 1. The number of ether oxygens (including phenoxy) is 1. The Hall–Kier alpha value is -4.67. The molecule has 0 radical (unpaired) electrons. The molecule has 1 aromatic heterocycles. The van der Waals surface area contributed by atoms with Gasteiger partial charge in [0.1, 0.15) is 12.1 Å². The molecule has 1 saturated heterocycles. The topological polar surface area (TPSA) is 142 Å². The molecule has 3 atom stereocenters. The average molecular weight is 681 g/mol. The number of nitrogens with one attached hydrogen (secondary N) is 4. The van der Waals surface area contributed by atoms with Crippen molar-refractivity contribution in [3.8, 4) is 0 Å². The van der Waals surface area contributed by atoms with Crippen molar-refractivity contribution in [2.75, 3.05) is 31.6 Å². The Morgan fingerprint density at radius 2 is 1.64 bits per heavy atom. The number of nitrogens with two attached hydrogens (primary N) is 1. The molecule has 3 amide bonds. The van der Waals surface area contributed by atoms with Crippen LogP contribution in [0.15, 0.2) is 85.1 Å². The summed E-state index contributed by atoms with van der Waals surface area (Å²) in [6, 6.07) is 24.7. The average Bonchev–Trinajstić information content (AvgIpc) is 3.55. The Bertz CT molecular complexity index is 1680. The van der Waals surface area contributed by atoms with Gasteiger partial charge >= 0.3 is 0 Å². The molecule has 0 spiro atoms. The number of aromatic amines is 1. The van der Waals surface area contributed by atoms with E-state index < -0.39 is 12.1 Å². The summed E-state index contributed by atoms with van der Waals surface area (Å²) in [7, 11) is 0. The minimum atomic E-state index is -0.721. The van der Waals surface area contributed by atoms with Gasteiger partial charge in [-0.05, 0) is 48.4 Å². The number of likely N-dealkylation sites (tertiary alicyclic amines) is 1. The second-order valence-electron chi connectivity index (χ2n) is 13.3. The number of H-pyrrole nitrogens is 1. The van der Waals surface area contributed by atoms with Crippen LogP contribution in [0.2, 0.25) is 0 Å². The molecule has 1 aliphatic rings. The zero-order valence-corrected chi connectivity index (χ0v) is 29.3. The number of fused-ring (bicyclic) bond motifs is 1. The molecule has 0 saturated carbocycles. The lowest BCUT2D eigenvalue weighted by Crippen LogP contribution is -2.54. The molecule has 10 heteroatoms. The van der Waals surface area contributed by atoms with Crippen LogP contribution in [0.1, 0.15) is 68.6 Å². The molecule has 0 unspecified atom stereocenters. The number of rotatable bonds is 17. The summed E-state index contributed by atoms with van der Waals surface area (Å²) < 4.78 is 5.94. The first-order valence-corrected chi connectivity index (χ1v) is 17.9. The van der Waals surface area contributed by atoms with Crippen LogP contribution in [0.4, 0.5) is 5.69 Å². The van der Waals surface area contributed by atoms with Crippen LogP contribution in [0.3, 0.4) is 0 Å². The first kappa shape index (κ1) is 36.6. The van der Waals surface area contributed by atoms with Gasteiger partial charge in [-0.2, -0.15) is 0 Å². The molecule has 0 aliphatic carbocycles. The van der Waals surface area contributed by atoms with Gasteiger partial charge in [-0.3, -0.25) is 14.4 Å². The Morgan fingerprint density at radius 1 is 0.920 bits per heavy atom. The lowest BCUT2D eigenvalue weighted by Gasteiger charge is -2.35. The van der Waals surface area contributed by atoms with Gasteiger partial charge in [0.05, 0.1) is 19.3 Å². The minimum absolute atomic E-state index is 0.0492. The molecule has 0 bridgehead atoms. The highest BCUT2D eigenvalue weighted by Crippen LogP contribution is 2.29. The fourth-order valence-electron chi connectivity index (χ4n) is 6.79. The Balaban J connectivity index is 1.31. The second-order valence-corrected chi connectivity index (χ2v) is 13.3. The highest BCUT2D eigenvalue weighted by atomic mass is 16.5. The van der Waals surface area contributed by atoms with E-state index in [-0.39, 0.29) is 43.5 Å². The molecule has 2 heterocycles. The predicted octanol–water partition coefficient (Wildman–Crippen LogP) is 5.25. The molecule has 3 aromatic carbocycles. The predicted molar refractivity (Wildman–Crippen MR) is 199 cm³/mol. The normalized spacial score (nSPS) is 15.3. The third kappa shape index (κ3) is 9.95. The number of piperidine rings is 1. The van der Waals surface area contributed by atoms with E-state index in [0.29, 0.717) is 31.8 Å². The van der Waals surface area contributed by atoms with Crippen LogP contribution in [-0.2, 0) is 32.1 Å². The molecule has 1 aliphatic heterocycles. The van der Waals surface area contributed by atoms with Gasteiger partial charge in [-0.15, -0.1) is 0 Å². The van der Waals surface area contributed by atoms with Crippen LogP contribution in [0, 0.1) is 0 Å². The number of benzene rings is 3. The zero-order chi connectivity index (χ0) is 35.3. The highest BCUT2D eigenvalue weighted by molar-refractivity contribution is 5.92. The smallest absolute Gasteiger partial charge is 0.245 e. The molecular formula is C40H52N6O4. The molecule has 6 N–H and O–H groups in total.